The Hall–Kier alpha value is -2.46. The molecule has 0 saturated carbocycles. The summed E-state index contributed by atoms with van der Waals surface area (Å²) < 4.78 is 16.8. The van der Waals surface area contributed by atoms with Crippen LogP contribution in [0, 0.1) is 0 Å². The number of para-hydroxylation sites is 1. The second-order valence-electron chi connectivity index (χ2n) is 5.01. The Morgan fingerprint density at radius 1 is 1.00 bits per heavy atom. The lowest BCUT2D eigenvalue weighted by atomic mass is 10.2. The summed E-state index contributed by atoms with van der Waals surface area (Å²) in [5, 5.41) is 1.05. The fourth-order valence-corrected chi connectivity index (χ4v) is 2.25. The van der Waals surface area contributed by atoms with E-state index in [1.54, 1.807) is 0 Å². The number of benzene rings is 2. The summed E-state index contributed by atoms with van der Waals surface area (Å²) in [6, 6.07) is 17.0. The first-order valence-electron chi connectivity index (χ1n) is 7.36. The second-order valence-corrected chi connectivity index (χ2v) is 5.01. The molecule has 114 valence electrons. The second kappa shape index (κ2) is 6.54. The standard InChI is InChI=1S/C18H19NO3/c1-2-20-14-7-9-15(10-8-14)21-12-16(19)18-11-13-5-3-4-6-17(13)22-18/h3-11,16H,2,12,19H2,1H3. The first-order valence-corrected chi connectivity index (χ1v) is 7.36. The molecule has 1 heterocycles. The molecular weight excluding hydrogens is 278 g/mol. The van der Waals surface area contributed by atoms with Gasteiger partial charge < -0.3 is 19.6 Å². The summed E-state index contributed by atoms with van der Waals surface area (Å²) in [6.45, 7) is 2.96. The third-order valence-corrected chi connectivity index (χ3v) is 3.37. The number of ether oxygens (including phenoxy) is 2. The van der Waals surface area contributed by atoms with Gasteiger partial charge in [-0.25, -0.2) is 0 Å². The van der Waals surface area contributed by atoms with Gasteiger partial charge in [-0.2, -0.15) is 0 Å². The lowest BCUT2D eigenvalue weighted by molar-refractivity contribution is 0.274. The van der Waals surface area contributed by atoms with Gasteiger partial charge in [0, 0.05) is 5.39 Å². The van der Waals surface area contributed by atoms with Crippen LogP contribution in [0.5, 0.6) is 11.5 Å². The summed E-state index contributed by atoms with van der Waals surface area (Å²) in [5.41, 5.74) is 6.98. The van der Waals surface area contributed by atoms with Crippen molar-refractivity contribution < 1.29 is 13.9 Å². The topological polar surface area (TPSA) is 57.6 Å². The van der Waals surface area contributed by atoms with Gasteiger partial charge in [-0.05, 0) is 43.3 Å². The van der Waals surface area contributed by atoms with Crippen molar-refractivity contribution in [3.63, 3.8) is 0 Å². The van der Waals surface area contributed by atoms with Crippen LogP contribution in [0.2, 0.25) is 0 Å². The lowest BCUT2D eigenvalue weighted by Crippen LogP contribution is -2.18. The molecule has 2 N–H and O–H groups in total. The largest absolute Gasteiger partial charge is 0.494 e. The Morgan fingerprint density at radius 3 is 2.36 bits per heavy atom. The van der Waals surface area contributed by atoms with Crippen LogP contribution in [0.3, 0.4) is 0 Å². The van der Waals surface area contributed by atoms with E-state index in [2.05, 4.69) is 0 Å². The van der Waals surface area contributed by atoms with E-state index >= 15 is 0 Å². The summed E-state index contributed by atoms with van der Waals surface area (Å²) in [7, 11) is 0. The van der Waals surface area contributed by atoms with Gasteiger partial charge >= 0.3 is 0 Å². The van der Waals surface area contributed by atoms with E-state index in [0.29, 0.717) is 13.2 Å². The molecule has 0 aliphatic rings. The van der Waals surface area contributed by atoms with E-state index < -0.39 is 0 Å². The average Bonchev–Trinajstić information content (AvgIpc) is 2.98. The van der Waals surface area contributed by atoms with Crippen molar-refractivity contribution in [2.24, 2.45) is 5.73 Å². The summed E-state index contributed by atoms with van der Waals surface area (Å²) in [4.78, 5) is 0. The molecule has 2 aromatic carbocycles. The van der Waals surface area contributed by atoms with Gasteiger partial charge in [0.05, 0.1) is 12.6 Å². The van der Waals surface area contributed by atoms with Crippen molar-refractivity contribution in [3.8, 4) is 11.5 Å². The fraction of sp³-hybridized carbons (Fsp3) is 0.222. The third-order valence-electron chi connectivity index (χ3n) is 3.37. The van der Waals surface area contributed by atoms with Crippen molar-refractivity contribution in [1.82, 2.24) is 0 Å². The van der Waals surface area contributed by atoms with Gasteiger partial charge in [-0.1, -0.05) is 18.2 Å². The zero-order chi connectivity index (χ0) is 15.4. The van der Waals surface area contributed by atoms with Gasteiger partial charge in [-0.15, -0.1) is 0 Å². The monoisotopic (exact) mass is 297 g/mol. The summed E-state index contributed by atoms with van der Waals surface area (Å²) in [5.74, 6) is 2.32. The van der Waals surface area contributed by atoms with E-state index in [1.807, 2.05) is 61.5 Å². The molecule has 0 aliphatic carbocycles. The van der Waals surface area contributed by atoms with Crippen LogP contribution in [0.4, 0.5) is 0 Å². The zero-order valence-electron chi connectivity index (χ0n) is 12.5. The number of fused-ring (bicyclic) bond motifs is 1. The Kier molecular flexibility index (Phi) is 4.30. The highest BCUT2D eigenvalue weighted by atomic mass is 16.5. The van der Waals surface area contributed by atoms with Gasteiger partial charge in [0.25, 0.3) is 0 Å². The molecule has 1 unspecified atom stereocenters. The smallest absolute Gasteiger partial charge is 0.134 e. The van der Waals surface area contributed by atoms with E-state index in [-0.39, 0.29) is 6.04 Å². The SMILES string of the molecule is CCOc1ccc(OCC(N)c2cc3ccccc3o2)cc1. The number of furan rings is 1. The first-order chi connectivity index (χ1) is 10.8. The normalized spacial score (nSPS) is 12.3. The minimum Gasteiger partial charge on any atom is -0.494 e. The molecule has 1 atom stereocenters. The Balaban J connectivity index is 1.62. The molecule has 3 aromatic rings. The van der Waals surface area contributed by atoms with Crippen LogP contribution in [0.25, 0.3) is 11.0 Å². The maximum Gasteiger partial charge on any atom is 0.134 e. The highest BCUT2D eigenvalue weighted by Gasteiger charge is 2.12. The Labute approximate surface area is 129 Å². The van der Waals surface area contributed by atoms with Gasteiger partial charge in [-0.3, -0.25) is 0 Å². The molecule has 0 radical (unpaired) electrons. The number of hydrogen-bond donors (Lipinski definition) is 1. The number of rotatable bonds is 6. The van der Waals surface area contributed by atoms with Crippen molar-refractivity contribution >= 4 is 11.0 Å². The molecule has 22 heavy (non-hydrogen) atoms. The molecular formula is C18H19NO3. The van der Waals surface area contributed by atoms with Gasteiger partial charge in [0.15, 0.2) is 0 Å². The molecule has 4 heteroatoms. The van der Waals surface area contributed by atoms with Crippen LogP contribution >= 0.6 is 0 Å². The molecule has 3 rings (SSSR count). The highest BCUT2D eigenvalue weighted by molar-refractivity contribution is 5.77. The minimum absolute atomic E-state index is 0.307. The van der Waals surface area contributed by atoms with Crippen LogP contribution < -0.4 is 15.2 Å². The molecule has 1 aromatic heterocycles. The molecule has 0 aliphatic heterocycles. The minimum atomic E-state index is -0.307. The maximum absolute atomic E-state index is 6.14. The molecule has 0 fully saturated rings. The van der Waals surface area contributed by atoms with E-state index in [0.717, 1.165) is 28.2 Å². The Morgan fingerprint density at radius 2 is 1.68 bits per heavy atom. The lowest BCUT2D eigenvalue weighted by Gasteiger charge is -2.11. The highest BCUT2D eigenvalue weighted by Crippen LogP contribution is 2.24. The van der Waals surface area contributed by atoms with Crippen molar-refractivity contribution in [3.05, 3.63) is 60.4 Å². The van der Waals surface area contributed by atoms with Crippen LogP contribution in [0.15, 0.2) is 59.0 Å². The predicted molar refractivity (Wildman–Crippen MR) is 86.2 cm³/mol. The molecule has 4 nitrogen and oxygen atoms in total. The quantitative estimate of drug-likeness (QED) is 0.749. The van der Waals surface area contributed by atoms with E-state index in [4.69, 9.17) is 19.6 Å². The number of nitrogens with two attached hydrogens (primary N) is 1. The van der Waals surface area contributed by atoms with Crippen LogP contribution in [0.1, 0.15) is 18.7 Å². The average molecular weight is 297 g/mol. The Bertz CT molecular complexity index is 700. The molecule has 0 spiro atoms. The van der Waals surface area contributed by atoms with Crippen molar-refractivity contribution in [2.45, 2.75) is 13.0 Å². The van der Waals surface area contributed by atoms with E-state index in [1.165, 1.54) is 0 Å². The fourth-order valence-electron chi connectivity index (χ4n) is 2.25. The third kappa shape index (κ3) is 3.23. The first kappa shape index (κ1) is 14.5. The van der Waals surface area contributed by atoms with Crippen LogP contribution in [-0.2, 0) is 0 Å². The van der Waals surface area contributed by atoms with Gasteiger partial charge in [0.2, 0.25) is 0 Å². The molecule has 0 amide bonds. The molecule has 0 saturated heterocycles. The van der Waals surface area contributed by atoms with Crippen molar-refractivity contribution in [1.29, 1.82) is 0 Å². The van der Waals surface area contributed by atoms with E-state index in [9.17, 15) is 0 Å². The van der Waals surface area contributed by atoms with Crippen molar-refractivity contribution in [2.75, 3.05) is 13.2 Å². The van der Waals surface area contributed by atoms with Gasteiger partial charge in [0.1, 0.15) is 29.4 Å². The number of hydrogen-bond acceptors (Lipinski definition) is 4. The van der Waals surface area contributed by atoms with Crippen LogP contribution in [-0.4, -0.2) is 13.2 Å². The summed E-state index contributed by atoms with van der Waals surface area (Å²) in [6.07, 6.45) is 0. The zero-order valence-corrected chi connectivity index (χ0v) is 12.5. The predicted octanol–water partition coefficient (Wildman–Crippen LogP) is 3.91. The summed E-state index contributed by atoms with van der Waals surface area (Å²) >= 11 is 0. The maximum atomic E-state index is 6.14. The molecule has 0 bridgehead atoms.